The van der Waals surface area contributed by atoms with Crippen molar-refractivity contribution >= 4 is 52.8 Å². The predicted molar refractivity (Wildman–Crippen MR) is 112 cm³/mol. The summed E-state index contributed by atoms with van der Waals surface area (Å²) in [5.41, 5.74) is 5.71. The van der Waals surface area contributed by atoms with Gasteiger partial charge in [-0.3, -0.25) is 14.3 Å². The molecule has 0 spiro atoms. The van der Waals surface area contributed by atoms with Crippen LogP contribution in [0.25, 0.3) is 0 Å². The molecule has 2 heterocycles. The van der Waals surface area contributed by atoms with Gasteiger partial charge in [-0.1, -0.05) is 41.0 Å². The third kappa shape index (κ3) is 4.25. The Morgan fingerprint density at radius 1 is 1.38 bits per heavy atom. The zero-order chi connectivity index (χ0) is 21.3. The Kier molecular flexibility index (Phi) is 6.47. The van der Waals surface area contributed by atoms with Gasteiger partial charge in [0, 0.05) is 31.6 Å². The molecule has 1 fully saturated rings. The maximum Gasteiger partial charge on any atom is 0.407 e. The molecule has 156 valence electrons. The van der Waals surface area contributed by atoms with Crippen LogP contribution in [-0.4, -0.2) is 63.0 Å². The quantitative estimate of drug-likeness (QED) is 0.633. The van der Waals surface area contributed by atoms with Crippen LogP contribution in [0.1, 0.15) is 0 Å². The lowest BCUT2D eigenvalue weighted by Crippen LogP contribution is -2.57. The van der Waals surface area contributed by atoms with Gasteiger partial charge < -0.3 is 20.8 Å². The van der Waals surface area contributed by atoms with E-state index in [1.807, 2.05) is 0 Å². The highest BCUT2D eigenvalue weighted by molar-refractivity contribution is 7.99. The van der Waals surface area contributed by atoms with E-state index in [1.165, 1.54) is 9.47 Å². The summed E-state index contributed by atoms with van der Waals surface area (Å²) in [6.45, 7) is 0.336. The third-order valence-electron chi connectivity index (χ3n) is 4.60. The topological polar surface area (TPSA) is 125 Å². The van der Waals surface area contributed by atoms with E-state index in [0.717, 1.165) is 11.8 Å². The first kappa shape index (κ1) is 21.6. The Balaban J connectivity index is 1.93. The number of nitrogens with zero attached hydrogens (tertiary/aromatic N) is 4. The van der Waals surface area contributed by atoms with Gasteiger partial charge in [-0.25, -0.2) is 4.79 Å². The van der Waals surface area contributed by atoms with Gasteiger partial charge in [0.25, 0.3) is 5.56 Å². The van der Waals surface area contributed by atoms with Crippen molar-refractivity contribution in [2.45, 2.75) is 15.8 Å². The SMILES string of the molecule is Cn1c(N2CCN(C(=O)O)[C@@H](CO)C2)nc(N)c(Sc2cccc(Cl)c2Cl)c1=O. The van der Waals surface area contributed by atoms with E-state index in [-0.39, 0.29) is 36.0 Å². The molecule has 2 aromatic rings. The van der Waals surface area contributed by atoms with Crippen molar-refractivity contribution in [1.82, 2.24) is 14.5 Å². The van der Waals surface area contributed by atoms with Crippen LogP contribution in [0.15, 0.2) is 32.8 Å². The Bertz CT molecular complexity index is 1000. The summed E-state index contributed by atoms with van der Waals surface area (Å²) in [6, 6.07) is 4.46. The number of carbonyl (C=O) groups is 1. The number of benzene rings is 1. The smallest absolute Gasteiger partial charge is 0.407 e. The van der Waals surface area contributed by atoms with Crippen LogP contribution in [0.5, 0.6) is 0 Å². The molecule has 0 aliphatic carbocycles. The number of nitrogen functional groups attached to an aromatic ring is 1. The molecule has 1 aromatic carbocycles. The molecule has 1 aromatic heterocycles. The summed E-state index contributed by atoms with van der Waals surface area (Å²) < 4.78 is 1.35. The van der Waals surface area contributed by atoms with Crippen molar-refractivity contribution in [2.24, 2.45) is 7.05 Å². The van der Waals surface area contributed by atoms with E-state index in [0.29, 0.717) is 27.4 Å². The van der Waals surface area contributed by atoms with E-state index in [4.69, 9.17) is 28.9 Å². The first-order valence-corrected chi connectivity index (χ1v) is 10.2. The Morgan fingerprint density at radius 3 is 2.76 bits per heavy atom. The molecule has 0 saturated carbocycles. The maximum absolute atomic E-state index is 12.9. The van der Waals surface area contributed by atoms with Crippen LogP contribution >= 0.6 is 35.0 Å². The lowest BCUT2D eigenvalue weighted by molar-refractivity contribution is 0.0905. The molecule has 0 bridgehead atoms. The monoisotopic (exact) mass is 459 g/mol. The van der Waals surface area contributed by atoms with Crippen molar-refractivity contribution in [3.8, 4) is 0 Å². The third-order valence-corrected chi connectivity index (χ3v) is 6.68. The second kappa shape index (κ2) is 8.70. The zero-order valence-corrected chi connectivity index (χ0v) is 17.7. The molecule has 3 rings (SSSR count). The summed E-state index contributed by atoms with van der Waals surface area (Å²) >= 11 is 13.3. The summed E-state index contributed by atoms with van der Waals surface area (Å²) in [4.78, 5) is 32.3. The maximum atomic E-state index is 12.9. The molecule has 1 aliphatic rings. The normalized spacial score (nSPS) is 16.9. The number of amides is 1. The standard InChI is InChI=1S/C17H19Cl2N5O4S/c1-22-15(26)13(29-11-4-2-3-10(18)12(11)19)14(20)21-16(22)23-5-6-24(17(27)28)9(7-23)8-25/h2-4,9,25H,5-8,20H2,1H3,(H,27,28)/t9-/m1/s1. The highest BCUT2D eigenvalue weighted by Gasteiger charge is 2.32. The van der Waals surface area contributed by atoms with Gasteiger partial charge in [-0.2, -0.15) is 4.98 Å². The molecule has 4 N–H and O–H groups in total. The Labute approximate surface area is 180 Å². The highest BCUT2D eigenvalue weighted by atomic mass is 35.5. The zero-order valence-electron chi connectivity index (χ0n) is 15.4. The van der Waals surface area contributed by atoms with Crippen LogP contribution in [0, 0.1) is 0 Å². The first-order chi connectivity index (χ1) is 13.7. The van der Waals surface area contributed by atoms with Crippen molar-refractivity contribution in [3.63, 3.8) is 0 Å². The number of anilines is 2. The van der Waals surface area contributed by atoms with E-state index in [1.54, 1.807) is 30.1 Å². The second-order valence-electron chi connectivity index (χ2n) is 6.40. The minimum Gasteiger partial charge on any atom is -0.465 e. The number of piperazine rings is 1. The average molecular weight is 460 g/mol. The van der Waals surface area contributed by atoms with Gasteiger partial charge in [0.1, 0.15) is 10.7 Å². The summed E-state index contributed by atoms with van der Waals surface area (Å²) in [5, 5.41) is 19.5. The number of hydrogen-bond donors (Lipinski definition) is 3. The van der Waals surface area contributed by atoms with E-state index < -0.39 is 12.1 Å². The number of hydrogen-bond acceptors (Lipinski definition) is 7. The van der Waals surface area contributed by atoms with Crippen molar-refractivity contribution in [1.29, 1.82) is 0 Å². The summed E-state index contributed by atoms with van der Waals surface area (Å²) in [5.74, 6) is 0.336. The lowest BCUT2D eigenvalue weighted by atomic mass is 10.2. The van der Waals surface area contributed by atoms with Crippen LogP contribution in [0.4, 0.5) is 16.6 Å². The molecule has 1 atom stereocenters. The van der Waals surface area contributed by atoms with Crippen molar-refractivity contribution in [2.75, 3.05) is 36.9 Å². The van der Waals surface area contributed by atoms with Gasteiger partial charge in [-0.15, -0.1) is 0 Å². The van der Waals surface area contributed by atoms with E-state index >= 15 is 0 Å². The van der Waals surface area contributed by atoms with Crippen LogP contribution in [-0.2, 0) is 7.05 Å². The van der Waals surface area contributed by atoms with Crippen molar-refractivity contribution < 1.29 is 15.0 Å². The fourth-order valence-corrected chi connectivity index (χ4v) is 4.50. The molecule has 12 heteroatoms. The number of rotatable bonds is 4. The van der Waals surface area contributed by atoms with E-state index in [9.17, 15) is 19.8 Å². The van der Waals surface area contributed by atoms with Gasteiger partial charge in [-0.05, 0) is 12.1 Å². The van der Waals surface area contributed by atoms with Gasteiger partial charge in [0.15, 0.2) is 0 Å². The second-order valence-corrected chi connectivity index (χ2v) is 8.24. The number of nitrogens with two attached hydrogens (primary N) is 1. The molecule has 9 nitrogen and oxygen atoms in total. The van der Waals surface area contributed by atoms with Crippen molar-refractivity contribution in [3.05, 3.63) is 38.6 Å². The van der Waals surface area contributed by atoms with Gasteiger partial charge in [0.2, 0.25) is 5.95 Å². The molecule has 1 amide bonds. The Hall–Kier alpha value is -2.14. The van der Waals surface area contributed by atoms with E-state index in [2.05, 4.69) is 4.98 Å². The fourth-order valence-electron chi connectivity index (χ4n) is 3.08. The highest BCUT2D eigenvalue weighted by Crippen LogP contribution is 2.37. The van der Waals surface area contributed by atoms with Gasteiger partial charge in [0.05, 0.1) is 22.7 Å². The molecule has 0 radical (unpaired) electrons. The number of aromatic nitrogens is 2. The first-order valence-electron chi connectivity index (χ1n) is 8.58. The number of carboxylic acid groups (broad SMARTS) is 1. The summed E-state index contributed by atoms with van der Waals surface area (Å²) in [7, 11) is 1.56. The largest absolute Gasteiger partial charge is 0.465 e. The number of aliphatic hydroxyl groups excluding tert-OH is 1. The molecule has 29 heavy (non-hydrogen) atoms. The summed E-state index contributed by atoms with van der Waals surface area (Å²) in [6.07, 6.45) is -1.10. The fraction of sp³-hybridized carbons (Fsp3) is 0.353. The van der Waals surface area contributed by atoms with Gasteiger partial charge >= 0.3 is 6.09 Å². The predicted octanol–water partition coefficient (Wildman–Crippen LogP) is 1.98. The average Bonchev–Trinajstić information content (AvgIpc) is 2.70. The molecular formula is C17H19Cl2N5O4S. The molecular weight excluding hydrogens is 441 g/mol. The van der Waals surface area contributed by atoms with Crippen LogP contribution < -0.4 is 16.2 Å². The van der Waals surface area contributed by atoms with Crippen LogP contribution in [0.3, 0.4) is 0 Å². The minimum atomic E-state index is -1.10. The lowest BCUT2D eigenvalue weighted by Gasteiger charge is -2.39. The molecule has 1 aliphatic heterocycles. The minimum absolute atomic E-state index is 0.0327. The van der Waals surface area contributed by atoms with Crippen LogP contribution in [0.2, 0.25) is 10.0 Å². The Morgan fingerprint density at radius 2 is 2.10 bits per heavy atom. The number of aliphatic hydroxyl groups is 1. The molecule has 1 saturated heterocycles. The molecule has 0 unspecified atom stereocenters. The number of halogens is 2.